The number of fused-ring (bicyclic) bond motifs is 17. The van der Waals surface area contributed by atoms with Crippen molar-refractivity contribution in [1.82, 2.24) is 19.1 Å². The molecule has 5 aromatic heterocycles. The van der Waals surface area contributed by atoms with Gasteiger partial charge >= 0.3 is 0 Å². The van der Waals surface area contributed by atoms with Gasteiger partial charge in [0.15, 0.2) is 0 Å². The lowest BCUT2D eigenvalue weighted by Gasteiger charge is -2.15. The number of allylic oxidation sites excluding steroid dienone is 1. The van der Waals surface area contributed by atoms with Crippen LogP contribution in [0, 0.1) is 6.92 Å². The Labute approximate surface area is 352 Å². The molecule has 0 N–H and O–H groups in total. The second kappa shape index (κ2) is 12.7. The molecule has 0 aliphatic heterocycles. The summed E-state index contributed by atoms with van der Waals surface area (Å²) in [5, 5.41) is 12.7. The molecule has 0 aliphatic carbocycles. The maximum Gasteiger partial charge on any atom is 0.235 e. The molecule has 0 spiro atoms. The van der Waals surface area contributed by atoms with Crippen molar-refractivity contribution in [2.75, 3.05) is 0 Å². The zero-order chi connectivity index (χ0) is 39.6. The fraction of sp³-hybridized carbons (Fsp3) is 0.0370. The highest BCUT2D eigenvalue weighted by Gasteiger charge is 2.26. The van der Waals surface area contributed by atoms with Gasteiger partial charge in [-0.15, -0.1) is 22.7 Å². The first kappa shape index (κ1) is 33.8. The van der Waals surface area contributed by atoms with Crippen molar-refractivity contribution >= 4 is 123 Å². The Bertz CT molecular complexity index is 3970. The van der Waals surface area contributed by atoms with Gasteiger partial charge in [-0.2, -0.15) is 0 Å². The van der Waals surface area contributed by atoms with Gasteiger partial charge in [0.1, 0.15) is 0 Å². The van der Waals surface area contributed by atoms with Gasteiger partial charge in [-0.25, -0.2) is 9.97 Å². The fourth-order valence-electron chi connectivity index (χ4n) is 9.90. The molecule has 8 aromatic carbocycles. The number of aromatic nitrogens is 4. The Morgan fingerprint density at radius 3 is 1.90 bits per heavy atom. The van der Waals surface area contributed by atoms with Gasteiger partial charge in [-0.05, 0) is 62.4 Å². The van der Waals surface area contributed by atoms with Gasteiger partial charge < -0.3 is 4.57 Å². The third kappa shape index (κ3) is 4.60. The molecule has 282 valence electrons. The summed E-state index contributed by atoms with van der Waals surface area (Å²) < 4.78 is 9.94. The van der Waals surface area contributed by atoms with Crippen LogP contribution in [0.15, 0.2) is 164 Å². The smallest absolute Gasteiger partial charge is 0.235 e. The molecule has 5 heterocycles. The predicted octanol–water partition coefficient (Wildman–Crippen LogP) is 15.6. The molecule has 0 amide bonds. The van der Waals surface area contributed by atoms with Gasteiger partial charge in [-0.3, -0.25) is 4.57 Å². The van der Waals surface area contributed by atoms with Crippen molar-refractivity contribution in [3.05, 3.63) is 175 Å². The molecule has 0 unspecified atom stereocenters. The van der Waals surface area contributed by atoms with Gasteiger partial charge in [0.05, 0.1) is 33.5 Å². The normalized spacial score (nSPS) is 12.4. The Morgan fingerprint density at radius 1 is 0.483 bits per heavy atom. The van der Waals surface area contributed by atoms with Crippen molar-refractivity contribution in [3.63, 3.8) is 0 Å². The van der Waals surface area contributed by atoms with E-state index >= 15 is 0 Å². The number of aryl methyl sites for hydroxylation is 1. The Morgan fingerprint density at radius 2 is 1.12 bits per heavy atom. The lowest BCUT2D eigenvalue weighted by Crippen LogP contribution is -2.06. The maximum absolute atomic E-state index is 5.66. The summed E-state index contributed by atoms with van der Waals surface area (Å²) in [4.78, 5) is 11.1. The van der Waals surface area contributed by atoms with E-state index in [0.717, 1.165) is 44.8 Å². The number of rotatable bonds is 4. The van der Waals surface area contributed by atoms with Crippen LogP contribution in [0.2, 0.25) is 0 Å². The molecule has 0 aliphatic rings. The summed E-state index contributed by atoms with van der Waals surface area (Å²) in [6, 6.07) is 57.5. The minimum atomic E-state index is 0.669. The van der Waals surface area contributed by atoms with Crippen LogP contribution in [-0.4, -0.2) is 19.1 Å². The fourth-order valence-corrected chi connectivity index (χ4v) is 12.3. The van der Waals surface area contributed by atoms with Crippen LogP contribution in [0.4, 0.5) is 0 Å². The average molecular weight is 803 g/mol. The number of benzene rings is 8. The van der Waals surface area contributed by atoms with E-state index in [0.29, 0.717) is 5.95 Å². The van der Waals surface area contributed by atoms with Gasteiger partial charge in [0, 0.05) is 89.5 Å². The molecule has 0 saturated carbocycles. The SMILES string of the molecule is C/C=C\c1c(C)nc(-n2c3ccccc3c3c4sc5ccccc5c4c4c(ccc5sc6ccccc6c54)c32)nc1-c1ccc2c3ccccc3n(-c3ccccc3)c2c1. The summed E-state index contributed by atoms with van der Waals surface area (Å²) in [6.07, 6.45) is 4.25. The van der Waals surface area contributed by atoms with Crippen molar-refractivity contribution in [3.8, 4) is 22.9 Å². The van der Waals surface area contributed by atoms with E-state index in [9.17, 15) is 0 Å². The number of hydrogen-bond acceptors (Lipinski definition) is 4. The molecule has 0 atom stereocenters. The first-order valence-electron chi connectivity index (χ1n) is 20.4. The number of thiophene rings is 2. The standard InChI is InChI=1S/C54H34N4S2/c1-3-15-34-31(2)55-54(56-51(34)32-26-27-36-35-18-7-11-22-41(35)57(43(36)30-32)33-16-5-4-6-17-33)58-42-23-12-8-19-37(42)50-52(58)40-28-29-46-47(38-20-9-13-24-44(38)59-46)48(40)49-39-21-10-14-25-45(39)60-53(49)50/h3-30H,1-2H3/b15-3-. The molecule has 0 fully saturated rings. The summed E-state index contributed by atoms with van der Waals surface area (Å²) in [5.41, 5.74) is 9.61. The third-order valence-electron chi connectivity index (χ3n) is 12.4. The second-order valence-electron chi connectivity index (χ2n) is 15.6. The summed E-state index contributed by atoms with van der Waals surface area (Å²) in [6.45, 7) is 4.19. The molecule has 4 nitrogen and oxygen atoms in total. The van der Waals surface area contributed by atoms with Gasteiger partial charge in [0.2, 0.25) is 5.95 Å². The van der Waals surface area contributed by atoms with Crippen molar-refractivity contribution in [1.29, 1.82) is 0 Å². The highest BCUT2D eigenvalue weighted by Crippen LogP contribution is 2.51. The molecule has 13 aromatic rings. The first-order valence-corrected chi connectivity index (χ1v) is 22.0. The summed E-state index contributed by atoms with van der Waals surface area (Å²) >= 11 is 3.77. The Hall–Kier alpha value is -7.12. The van der Waals surface area contributed by atoms with Crippen LogP contribution < -0.4 is 0 Å². The monoisotopic (exact) mass is 802 g/mol. The highest BCUT2D eigenvalue weighted by molar-refractivity contribution is 7.27. The van der Waals surface area contributed by atoms with E-state index in [1.54, 1.807) is 0 Å². The van der Waals surface area contributed by atoms with Crippen molar-refractivity contribution in [2.24, 2.45) is 0 Å². The maximum atomic E-state index is 5.66. The molecule has 60 heavy (non-hydrogen) atoms. The lowest BCUT2D eigenvalue weighted by atomic mass is 9.96. The minimum Gasteiger partial charge on any atom is -0.309 e. The Kier molecular flexibility index (Phi) is 7.15. The Balaban J connectivity index is 1.17. The van der Waals surface area contributed by atoms with Gasteiger partial charge in [-0.1, -0.05) is 121 Å². The zero-order valence-corrected chi connectivity index (χ0v) is 34.4. The van der Waals surface area contributed by atoms with Crippen molar-refractivity contribution in [2.45, 2.75) is 13.8 Å². The molecule has 0 radical (unpaired) electrons. The number of hydrogen-bond donors (Lipinski definition) is 0. The lowest BCUT2D eigenvalue weighted by molar-refractivity contribution is 0.966. The summed E-state index contributed by atoms with van der Waals surface area (Å²) in [7, 11) is 0. The van der Waals surface area contributed by atoms with Crippen LogP contribution in [0.25, 0.3) is 124 Å². The van der Waals surface area contributed by atoms with Crippen LogP contribution >= 0.6 is 22.7 Å². The van der Waals surface area contributed by atoms with Crippen LogP contribution in [0.1, 0.15) is 18.2 Å². The zero-order valence-electron chi connectivity index (χ0n) is 32.8. The van der Waals surface area contributed by atoms with E-state index in [1.807, 2.05) is 22.7 Å². The summed E-state index contributed by atoms with van der Waals surface area (Å²) in [5.74, 6) is 0.669. The van der Waals surface area contributed by atoms with Crippen LogP contribution in [0.5, 0.6) is 0 Å². The van der Waals surface area contributed by atoms with E-state index < -0.39 is 0 Å². The van der Waals surface area contributed by atoms with Gasteiger partial charge in [0.25, 0.3) is 0 Å². The number of nitrogens with zero attached hydrogens (tertiary/aromatic N) is 4. The molecule has 6 heteroatoms. The molecule has 0 saturated heterocycles. The first-order chi connectivity index (χ1) is 29.7. The minimum absolute atomic E-state index is 0.669. The second-order valence-corrected chi connectivity index (χ2v) is 17.8. The largest absolute Gasteiger partial charge is 0.309 e. The van der Waals surface area contributed by atoms with Crippen molar-refractivity contribution < 1.29 is 0 Å². The molecule has 13 rings (SSSR count). The third-order valence-corrected chi connectivity index (χ3v) is 14.7. The van der Waals surface area contributed by atoms with E-state index in [-0.39, 0.29) is 0 Å². The topological polar surface area (TPSA) is 35.6 Å². The number of para-hydroxylation sites is 3. The quantitative estimate of drug-likeness (QED) is 0.178. The molecular formula is C54H34N4S2. The molecule has 0 bridgehead atoms. The molecular weight excluding hydrogens is 769 g/mol. The average Bonchev–Trinajstić information content (AvgIpc) is 4.05. The van der Waals surface area contributed by atoms with E-state index in [1.165, 1.54) is 78.2 Å². The predicted molar refractivity (Wildman–Crippen MR) is 259 cm³/mol. The van der Waals surface area contributed by atoms with Crippen LogP contribution in [0.3, 0.4) is 0 Å². The van der Waals surface area contributed by atoms with E-state index in [4.69, 9.17) is 9.97 Å². The highest BCUT2D eigenvalue weighted by atomic mass is 32.1. The van der Waals surface area contributed by atoms with Crippen LogP contribution in [-0.2, 0) is 0 Å². The van der Waals surface area contributed by atoms with E-state index in [2.05, 4.69) is 193 Å².